The Balaban J connectivity index is 1.55. The Morgan fingerprint density at radius 1 is 1.15 bits per heavy atom. The van der Waals surface area contributed by atoms with E-state index in [1.54, 1.807) is 47.5 Å². The maximum absolute atomic E-state index is 13.0. The minimum Gasteiger partial charge on any atom is -0.479 e. The predicted molar refractivity (Wildman–Crippen MR) is 159 cm³/mol. The van der Waals surface area contributed by atoms with E-state index in [4.69, 9.17) is 0 Å². The van der Waals surface area contributed by atoms with Crippen molar-refractivity contribution in [2.75, 3.05) is 23.0 Å². The van der Waals surface area contributed by atoms with Crippen molar-refractivity contribution < 1.29 is 23.7 Å². The summed E-state index contributed by atoms with van der Waals surface area (Å²) in [5.74, 6) is -2.10. The average molecular weight is 575 g/mol. The number of benzene rings is 1. The molecule has 0 saturated heterocycles. The second-order valence-electron chi connectivity index (χ2n) is 10.2. The molecule has 1 aromatic carbocycles. The molecule has 1 saturated carbocycles. The molecule has 4 rings (SSSR count). The third-order valence-electron chi connectivity index (χ3n) is 7.26. The third kappa shape index (κ3) is 6.94. The predicted octanol–water partition coefficient (Wildman–Crippen LogP) is 3.95. The van der Waals surface area contributed by atoms with Gasteiger partial charge in [0.05, 0.1) is 17.0 Å². The molecule has 3 aromatic rings. The molecule has 0 spiro atoms. The monoisotopic (exact) mass is 574 g/mol. The molecule has 214 valence electrons. The van der Waals surface area contributed by atoms with Gasteiger partial charge in [0, 0.05) is 59.0 Å². The highest BCUT2D eigenvalue weighted by Crippen LogP contribution is 2.36. The minimum atomic E-state index is -1.96. The van der Waals surface area contributed by atoms with E-state index in [2.05, 4.69) is 21.9 Å². The van der Waals surface area contributed by atoms with Gasteiger partial charge < -0.3 is 15.3 Å². The van der Waals surface area contributed by atoms with Crippen LogP contribution in [-0.2, 0) is 26.9 Å². The summed E-state index contributed by atoms with van der Waals surface area (Å²) in [6, 6.07) is 14.3. The van der Waals surface area contributed by atoms with Crippen LogP contribution in [0.3, 0.4) is 0 Å². The van der Waals surface area contributed by atoms with Crippen LogP contribution in [0.5, 0.6) is 0 Å². The first kappa shape index (κ1) is 29.8. The first-order chi connectivity index (χ1) is 19.6. The Morgan fingerprint density at radius 2 is 1.88 bits per heavy atom. The summed E-state index contributed by atoms with van der Waals surface area (Å²) in [5.41, 5.74) is 2.20. The van der Waals surface area contributed by atoms with Gasteiger partial charge in [0.15, 0.2) is 5.78 Å². The quantitative estimate of drug-likeness (QED) is 0.219. The third-order valence-corrected chi connectivity index (χ3v) is 8.61. The van der Waals surface area contributed by atoms with Crippen LogP contribution >= 0.6 is 0 Å². The number of nitrogens with one attached hydrogen (secondary N) is 1. The van der Waals surface area contributed by atoms with Crippen molar-refractivity contribution in [3.05, 3.63) is 90.4 Å². The fraction of sp³-hybridized carbons (Fsp3) is 0.323. The van der Waals surface area contributed by atoms with E-state index in [-0.39, 0.29) is 23.3 Å². The molecule has 2 aromatic heterocycles. The molecular formula is C31H34N4O5S. The highest BCUT2D eigenvalue weighted by Gasteiger charge is 2.51. The molecule has 0 bridgehead atoms. The van der Waals surface area contributed by atoms with E-state index in [1.807, 2.05) is 19.1 Å². The summed E-state index contributed by atoms with van der Waals surface area (Å²) in [6.45, 7) is 7.45. The van der Waals surface area contributed by atoms with Crippen molar-refractivity contribution >= 4 is 34.1 Å². The Bertz CT molecular complexity index is 1440. The number of carbonyl (C=O) groups is 3. The van der Waals surface area contributed by atoms with E-state index in [1.165, 1.54) is 19.2 Å². The Kier molecular flexibility index (Phi) is 9.44. The molecule has 0 radical (unpaired) electrons. The van der Waals surface area contributed by atoms with Crippen LogP contribution in [0.1, 0.15) is 41.4 Å². The lowest BCUT2D eigenvalue weighted by molar-refractivity contribution is -0.146. The maximum Gasteiger partial charge on any atom is 0.338 e. The number of hydrogen-bond acceptors (Lipinski definition) is 7. The van der Waals surface area contributed by atoms with Crippen molar-refractivity contribution in [1.82, 2.24) is 15.3 Å². The van der Waals surface area contributed by atoms with E-state index >= 15 is 0 Å². The topological polar surface area (TPSA) is 130 Å². The number of carboxylic acid groups (broad SMARTS) is 1. The number of ketones is 1. The normalized spacial score (nSPS) is 14.9. The SMILES string of the molecule is C=CCS(=O)C[C@@](C(C)=O)(C(=O)O)N(CC1CC1)c1ccc(-c2ccc(C(=O)NCc3cccnc3C)cn2)cc1. The summed E-state index contributed by atoms with van der Waals surface area (Å²) in [5, 5.41) is 13.2. The van der Waals surface area contributed by atoms with Gasteiger partial charge in [-0.3, -0.25) is 23.8 Å². The standard InChI is InChI=1S/C31H34N4O5S/c1-4-16-41(40)20-31(22(3)36,30(38)39)35(19-23-7-8-23)27-12-9-24(10-13-27)28-14-11-26(18-33-28)29(37)34-17-25-6-5-15-32-21(25)2/h4-6,9-15,18,23H,1,7-8,16-17,19-20H2,2-3H3,(H,34,37)(H,38,39)/t31-,41?/m1/s1. The Hall–Kier alpha value is -4.18. The number of carbonyl (C=O) groups excluding carboxylic acids is 2. The van der Waals surface area contributed by atoms with Crippen molar-refractivity contribution in [3.63, 3.8) is 0 Å². The lowest BCUT2D eigenvalue weighted by Crippen LogP contribution is -2.64. The summed E-state index contributed by atoms with van der Waals surface area (Å²) in [4.78, 5) is 48.5. The molecule has 9 nitrogen and oxygen atoms in total. The zero-order valence-corrected chi connectivity index (χ0v) is 24.0. The van der Waals surface area contributed by atoms with Crippen molar-refractivity contribution in [2.45, 2.75) is 38.8 Å². The van der Waals surface area contributed by atoms with Gasteiger partial charge in [0.2, 0.25) is 5.54 Å². The zero-order valence-electron chi connectivity index (χ0n) is 23.2. The lowest BCUT2D eigenvalue weighted by Gasteiger charge is -2.40. The molecule has 2 heterocycles. The number of Topliss-reactive ketones (excluding diaryl/α,β-unsaturated/α-hetero) is 1. The van der Waals surface area contributed by atoms with Gasteiger partial charge in [-0.15, -0.1) is 6.58 Å². The van der Waals surface area contributed by atoms with Crippen molar-refractivity contribution in [3.8, 4) is 11.3 Å². The van der Waals surface area contributed by atoms with Gasteiger partial charge in [-0.1, -0.05) is 24.3 Å². The number of aromatic nitrogens is 2. The number of amides is 1. The Morgan fingerprint density at radius 3 is 2.44 bits per heavy atom. The number of anilines is 1. The number of nitrogens with zero attached hydrogens (tertiary/aromatic N) is 3. The van der Waals surface area contributed by atoms with Crippen LogP contribution in [0.25, 0.3) is 11.3 Å². The summed E-state index contributed by atoms with van der Waals surface area (Å²) in [6.07, 6.45) is 6.58. The molecule has 41 heavy (non-hydrogen) atoms. The zero-order chi connectivity index (χ0) is 29.6. The van der Waals surface area contributed by atoms with Crippen LogP contribution < -0.4 is 10.2 Å². The highest BCUT2D eigenvalue weighted by molar-refractivity contribution is 7.85. The molecular weight excluding hydrogens is 540 g/mol. The molecule has 10 heteroatoms. The van der Waals surface area contributed by atoms with Crippen LogP contribution in [0.2, 0.25) is 0 Å². The van der Waals surface area contributed by atoms with Crippen LogP contribution in [-0.4, -0.2) is 60.5 Å². The molecule has 0 aliphatic heterocycles. The molecule has 1 aliphatic carbocycles. The lowest BCUT2D eigenvalue weighted by atomic mass is 9.93. The number of aliphatic carboxylic acids is 1. The maximum atomic E-state index is 13.0. The first-order valence-electron chi connectivity index (χ1n) is 13.4. The molecule has 2 N–H and O–H groups in total. The first-order valence-corrected chi connectivity index (χ1v) is 14.9. The largest absolute Gasteiger partial charge is 0.479 e. The van der Waals surface area contributed by atoms with E-state index in [0.717, 1.165) is 29.7 Å². The fourth-order valence-electron chi connectivity index (χ4n) is 4.65. The summed E-state index contributed by atoms with van der Waals surface area (Å²) in [7, 11) is -1.58. The fourth-order valence-corrected chi connectivity index (χ4v) is 5.98. The summed E-state index contributed by atoms with van der Waals surface area (Å²) < 4.78 is 12.7. The van der Waals surface area contributed by atoms with Crippen LogP contribution in [0.4, 0.5) is 5.69 Å². The van der Waals surface area contributed by atoms with Gasteiger partial charge in [0.1, 0.15) is 0 Å². The smallest absolute Gasteiger partial charge is 0.338 e. The van der Waals surface area contributed by atoms with Crippen LogP contribution in [0, 0.1) is 12.8 Å². The van der Waals surface area contributed by atoms with Crippen LogP contribution in [0.15, 0.2) is 73.6 Å². The minimum absolute atomic E-state index is 0.0985. The van der Waals surface area contributed by atoms with E-state index < -0.39 is 28.1 Å². The average Bonchev–Trinajstić information content (AvgIpc) is 3.79. The van der Waals surface area contributed by atoms with Gasteiger partial charge in [-0.2, -0.15) is 0 Å². The van der Waals surface area contributed by atoms with E-state index in [9.17, 15) is 23.7 Å². The number of carboxylic acids is 1. The number of hydrogen-bond donors (Lipinski definition) is 2. The van der Waals surface area contributed by atoms with Gasteiger partial charge in [0.25, 0.3) is 5.91 Å². The molecule has 1 unspecified atom stereocenters. The Labute approximate surface area is 242 Å². The number of aryl methyl sites for hydroxylation is 1. The molecule has 1 fully saturated rings. The van der Waals surface area contributed by atoms with Gasteiger partial charge in [-0.05, 0) is 68.5 Å². The number of rotatable bonds is 14. The summed E-state index contributed by atoms with van der Waals surface area (Å²) >= 11 is 0. The van der Waals surface area contributed by atoms with E-state index in [0.29, 0.717) is 30.0 Å². The number of pyridine rings is 2. The molecule has 2 atom stereocenters. The van der Waals surface area contributed by atoms with Gasteiger partial charge >= 0.3 is 5.97 Å². The van der Waals surface area contributed by atoms with Gasteiger partial charge in [-0.25, -0.2) is 4.79 Å². The molecule has 1 amide bonds. The highest BCUT2D eigenvalue weighted by atomic mass is 32.2. The van der Waals surface area contributed by atoms with Crippen molar-refractivity contribution in [1.29, 1.82) is 0 Å². The second-order valence-corrected chi connectivity index (χ2v) is 11.7. The second kappa shape index (κ2) is 13.0. The van der Waals surface area contributed by atoms with Crippen molar-refractivity contribution in [2.24, 2.45) is 5.92 Å². The molecule has 1 aliphatic rings.